The number of aromatic nitrogens is 3. The van der Waals surface area contributed by atoms with E-state index in [0.717, 1.165) is 17.7 Å². The number of para-hydroxylation sites is 1. The molecule has 3 aromatic rings. The van der Waals surface area contributed by atoms with Crippen LogP contribution in [0, 0.1) is 6.92 Å². The minimum absolute atomic E-state index is 0.0822. The zero-order valence-electron chi connectivity index (χ0n) is 16.7. The van der Waals surface area contributed by atoms with E-state index in [4.69, 9.17) is 0 Å². The normalized spacial score (nSPS) is 10.6. The number of nitrogens with one attached hydrogen (secondary N) is 2. The van der Waals surface area contributed by atoms with Gasteiger partial charge in [0.25, 0.3) is 0 Å². The summed E-state index contributed by atoms with van der Waals surface area (Å²) in [7, 11) is 1.33. The molecular formula is C19H21N5O3S3. The van der Waals surface area contributed by atoms with Crippen molar-refractivity contribution in [2.45, 2.75) is 31.0 Å². The third-order valence-electron chi connectivity index (χ3n) is 4.06. The Morgan fingerprint density at radius 1 is 1.23 bits per heavy atom. The van der Waals surface area contributed by atoms with Crippen LogP contribution in [0.5, 0.6) is 0 Å². The number of esters is 1. The molecule has 0 bridgehead atoms. The van der Waals surface area contributed by atoms with Gasteiger partial charge in [0.2, 0.25) is 11.0 Å². The van der Waals surface area contributed by atoms with Gasteiger partial charge in [0.15, 0.2) is 9.47 Å². The SMILES string of the molecule is CCc1cccc(C)c1Nc1nnc(SCC(=O)Nc2nc(CC(=O)OC)cs2)s1. The number of aryl methyl sites for hydroxylation is 2. The Kier molecular flexibility index (Phi) is 7.77. The molecule has 0 atom stereocenters. The number of carbonyl (C=O) groups excluding carboxylic acids is 2. The summed E-state index contributed by atoms with van der Waals surface area (Å²) in [5, 5.41) is 17.3. The Bertz CT molecular complexity index is 1030. The number of benzene rings is 1. The van der Waals surface area contributed by atoms with Gasteiger partial charge in [0.05, 0.1) is 25.0 Å². The Balaban J connectivity index is 1.52. The lowest BCUT2D eigenvalue weighted by molar-refractivity contribution is -0.139. The monoisotopic (exact) mass is 463 g/mol. The highest BCUT2D eigenvalue weighted by atomic mass is 32.2. The summed E-state index contributed by atoms with van der Waals surface area (Å²) in [5.41, 5.74) is 3.98. The zero-order valence-corrected chi connectivity index (χ0v) is 19.2. The lowest BCUT2D eigenvalue weighted by atomic mass is 10.1. The van der Waals surface area contributed by atoms with E-state index in [1.54, 1.807) is 5.38 Å². The Morgan fingerprint density at radius 2 is 2.07 bits per heavy atom. The maximum absolute atomic E-state index is 12.2. The molecule has 0 saturated heterocycles. The van der Waals surface area contributed by atoms with Crippen molar-refractivity contribution in [1.29, 1.82) is 0 Å². The topological polar surface area (TPSA) is 106 Å². The molecule has 0 saturated carbocycles. The van der Waals surface area contributed by atoms with Gasteiger partial charge >= 0.3 is 5.97 Å². The third-order valence-corrected chi connectivity index (χ3v) is 6.83. The first-order valence-electron chi connectivity index (χ1n) is 9.11. The quantitative estimate of drug-likeness (QED) is 0.362. The highest BCUT2D eigenvalue weighted by Gasteiger charge is 2.13. The summed E-state index contributed by atoms with van der Waals surface area (Å²) < 4.78 is 5.31. The second-order valence-corrected chi connectivity index (χ2v) is 9.25. The Hall–Kier alpha value is -2.50. The van der Waals surface area contributed by atoms with Crippen molar-refractivity contribution in [2.75, 3.05) is 23.5 Å². The zero-order chi connectivity index (χ0) is 21.5. The van der Waals surface area contributed by atoms with E-state index in [1.165, 1.54) is 47.1 Å². The number of ether oxygens (including phenoxy) is 1. The maximum Gasteiger partial charge on any atom is 0.311 e. The van der Waals surface area contributed by atoms with Crippen LogP contribution in [0.1, 0.15) is 23.7 Å². The summed E-state index contributed by atoms with van der Waals surface area (Å²) in [6.45, 7) is 4.17. The second kappa shape index (κ2) is 10.5. The fourth-order valence-electron chi connectivity index (χ4n) is 2.58. The first kappa shape index (κ1) is 22.2. The predicted octanol–water partition coefficient (Wildman–Crippen LogP) is 4.06. The largest absolute Gasteiger partial charge is 0.469 e. The summed E-state index contributed by atoms with van der Waals surface area (Å²) in [6.07, 6.45) is 1.00. The van der Waals surface area contributed by atoms with E-state index in [0.29, 0.717) is 20.3 Å². The predicted molar refractivity (Wildman–Crippen MR) is 121 cm³/mol. The van der Waals surface area contributed by atoms with Crippen LogP contribution >= 0.6 is 34.4 Å². The second-order valence-electron chi connectivity index (χ2n) is 6.19. The van der Waals surface area contributed by atoms with Gasteiger partial charge in [0, 0.05) is 11.1 Å². The summed E-state index contributed by atoms with van der Waals surface area (Å²) in [4.78, 5) is 27.7. The molecule has 3 rings (SSSR count). The Morgan fingerprint density at radius 3 is 2.83 bits per heavy atom. The van der Waals surface area contributed by atoms with Gasteiger partial charge in [-0.3, -0.25) is 9.59 Å². The highest BCUT2D eigenvalue weighted by molar-refractivity contribution is 8.01. The minimum Gasteiger partial charge on any atom is -0.469 e. The molecule has 0 spiro atoms. The van der Waals surface area contributed by atoms with E-state index in [9.17, 15) is 9.59 Å². The van der Waals surface area contributed by atoms with Crippen molar-refractivity contribution < 1.29 is 14.3 Å². The lowest BCUT2D eigenvalue weighted by Crippen LogP contribution is -2.14. The third kappa shape index (κ3) is 6.00. The van der Waals surface area contributed by atoms with Gasteiger partial charge < -0.3 is 15.4 Å². The molecule has 30 heavy (non-hydrogen) atoms. The van der Waals surface area contributed by atoms with Crippen LogP contribution in [0.2, 0.25) is 0 Å². The number of rotatable bonds is 9. The van der Waals surface area contributed by atoms with Gasteiger partial charge in [-0.1, -0.05) is 48.2 Å². The molecule has 2 aromatic heterocycles. The van der Waals surface area contributed by atoms with E-state index >= 15 is 0 Å². The van der Waals surface area contributed by atoms with E-state index in [1.807, 2.05) is 6.07 Å². The summed E-state index contributed by atoms with van der Waals surface area (Å²) >= 11 is 3.98. The van der Waals surface area contributed by atoms with Gasteiger partial charge in [-0.05, 0) is 24.5 Å². The number of amides is 1. The molecule has 0 unspecified atom stereocenters. The molecule has 2 N–H and O–H groups in total. The number of methoxy groups -OCH3 is 1. The van der Waals surface area contributed by atoms with Crippen LogP contribution in [0.15, 0.2) is 27.9 Å². The highest BCUT2D eigenvalue weighted by Crippen LogP contribution is 2.30. The van der Waals surface area contributed by atoms with E-state index in [2.05, 4.69) is 56.5 Å². The minimum atomic E-state index is -0.369. The molecule has 11 heteroatoms. The van der Waals surface area contributed by atoms with Crippen LogP contribution in [0.25, 0.3) is 0 Å². The maximum atomic E-state index is 12.2. The molecule has 0 aliphatic heterocycles. The van der Waals surface area contributed by atoms with Gasteiger partial charge in [-0.2, -0.15) is 0 Å². The fourth-order valence-corrected chi connectivity index (χ4v) is 4.86. The molecular weight excluding hydrogens is 442 g/mol. The standard InChI is InChI=1S/C19H21N5O3S3/c1-4-12-7-5-6-11(2)16(12)22-18-23-24-19(30-18)29-10-14(25)21-17-20-13(9-28-17)8-15(26)27-3/h5-7,9H,4,8,10H2,1-3H3,(H,22,23)(H,20,21,25). The fraction of sp³-hybridized carbons (Fsp3) is 0.316. The van der Waals surface area contributed by atoms with Crippen LogP contribution in [-0.2, 0) is 27.2 Å². The first-order chi connectivity index (χ1) is 14.5. The molecule has 0 radical (unpaired) electrons. The molecule has 0 aliphatic rings. The van der Waals surface area contributed by atoms with Crippen molar-refractivity contribution in [1.82, 2.24) is 15.2 Å². The molecule has 2 heterocycles. The number of hydrogen-bond donors (Lipinski definition) is 2. The smallest absolute Gasteiger partial charge is 0.311 e. The van der Waals surface area contributed by atoms with Gasteiger partial charge in [-0.15, -0.1) is 21.5 Å². The summed E-state index contributed by atoms with van der Waals surface area (Å²) in [5.74, 6) is -0.382. The molecule has 158 valence electrons. The molecule has 0 fully saturated rings. The lowest BCUT2D eigenvalue weighted by Gasteiger charge is -2.11. The van der Waals surface area contributed by atoms with Crippen LogP contribution in [0.3, 0.4) is 0 Å². The van der Waals surface area contributed by atoms with Crippen molar-refractivity contribution >= 4 is 62.3 Å². The molecule has 1 amide bonds. The average molecular weight is 464 g/mol. The van der Waals surface area contributed by atoms with Crippen LogP contribution in [0.4, 0.5) is 16.0 Å². The van der Waals surface area contributed by atoms with E-state index in [-0.39, 0.29) is 24.1 Å². The number of hydrogen-bond acceptors (Lipinski definition) is 10. The van der Waals surface area contributed by atoms with Gasteiger partial charge in [0.1, 0.15) is 0 Å². The molecule has 0 aliphatic carbocycles. The molecule has 1 aromatic carbocycles. The van der Waals surface area contributed by atoms with Crippen molar-refractivity contribution in [3.05, 3.63) is 40.4 Å². The number of anilines is 3. The first-order valence-corrected chi connectivity index (χ1v) is 11.8. The number of thioether (sulfide) groups is 1. The van der Waals surface area contributed by atoms with E-state index < -0.39 is 0 Å². The van der Waals surface area contributed by atoms with Gasteiger partial charge in [-0.25, -0.2) is 4.98 Å². The number of nitrogens with zero attached hydrogens (tertiary/aromatic N) is 3. The number of thiazole rings is 1. The van der Waals surface area contributed by atoms with Crippen molar-refractivity contribution in [3.8, 4) is 0 Å². The number of carbonyl (C=O) groups is 2. The van der Waals surface area contributed by atoms with Crippen molar-refractivity contribution in [2.24, 2.45) is 0 Å². The van der Waals surface area contributed by atoms with Crippen LogP contribution in [-0.4, -0.2) is 39.9 Å². The average Bonchev–Trinajstić information content (AvgIpc) is 3.37. The van der Waals surface area contributed by atoms with Crippen molar-refractivity contribution in [3.63, 3.8) is 0 Å². The van der Waals surface area contributed by atoms with Crippen LogP contribution < -0.4 is 10.6 Å². The Labute approximate surface area is 186 Å². The summed E-state index contributed by atoms with van der Waals surface area (Å²) in [6, 6.07) is 6.18. The molecule has 8 nitrogen and oxygen atoms in total.